The Kier molecular flexibility index (Phi) is 3.05. The molecule has 1 aromatic heterocycles. The number of methoxy groups -OCH3 is 1. The molecule has 0 unspecified atom stereocenters. The van der Waals surface area contributed by atoms with Crippen LogP contribution in [0.5, 0.6) is 5.75 Å². The van der Waals surface area contributed by atoms with Gasteiger partial charge in [-0.15, -0.1) is 0 Å². The second-order valence-corrected chi connectivity index (χ2v) is 3.33. The molecule has 4 nitrogen and oxygen atoms in total. The Bertz CT molecular complexity index is 578. The molecule has 0 aliphatic heterocycles. The lowest BCUT2D eigenvalue weighted by molar-refractivity contribution is 0.0600. The molecule has 0 spiro atoms. The lowest BCUT2D eigenvalue weighted by Gasteiger charge is -2.07. The summed E-state index contributed by atoms with van der Waals surface area (Å²) in [7, 11) is 1.34. The van der Waals surface area contributed by atoms with Gasteiger partial charge in [0.2, 0.25) is 0 Å². The van der Waals surface area contributed by atoms with Crippen LogP contribution in [0.15, 0.2) is 43.3 Å². The van der Waals surface area contributed by atoms with E-state index in [1.54, 1.807) is 24.4 Å². The first-order valence-corrected chi connectivity index (χ1v) is 5.01. The Morgan fingerprint density at radius 2 is 2.29 bits per heavy atom. The van der Waals surface area contributed by atoms with Crippen molar-refractivity contribution in [2.45, 2.75) is 0 Å². The fourth-order valence-electron chi connectivity index (χ4n) is 1.57. The number of esters is 1. The summed E-state index contributed by atoms with van der Waals surface area (Å²) < 4.78 is 9.93. The Morgan fingerprint density at radius 3 is 3.00 bits per heavy atom. The molecule has 0 radical (unpaired) electrons. The summed E-state index contributed by atoms with van der Waals surface area (Å²) in [5.74, 6) is 0.0724. The van der Waals surface area contributed by atoms with Crippen LogP contribution in [-0.2, 0) is 4.74 Å². The minimum absolute atomic E-state index is 0.412. The van der Waals surface area contributed by atoms with Gasteiger partial charge in [0.05, 0.1) is 18.9 Å². The fourth-order valence-corrected chi connectivity index (χ4v) is 1.57. The number of fused-ring (bicyclic) bond motifs is 1. The Labute approximate surface area is 98.5 Å². The second kappa shape index (κ2) is 4.65. The quantitative estimate of drug-likeness (QED) is 0.599. The Morgan fingerprint density at radius 1 is 1.47 bits per heavy atom. The summed E-state index contributed by atoms with van der Waals surface area (Å²) in [5, 5.41) is 0.812. The highest BCUT2D eigenvalue weighted by molar-refractivity contribution is 5.96. The van der Waals surface area contributed by atoms with E-state index < -0.39 is 5.97 Å². The van der Waals surface area contributed by atoms with Gasteiger partial charge in [-0.3, -0.25) is 4.98 Å². The molecule has 86 valence electrons. The van der Waals surface area contributed by atoms with Crippen molar-refractivity contribution in [2.75, 3.05) is 7.11 Å². The highest BCUT2D eigenvalue weighted by Crippen LogP contribution is 2.26. The topological polar surface area (TPSA) is 48.4 Å². The van der Waals surface area contributed by atoms with Gasteiger partial charge < -0.3 is 9.47 Å². The first-order valence-electron chi connectivity index (χ1n) is 5.01. The average molecular weight is 229 g/mol. The molecule has 4 heteroatoms. The van der Waals surface area contributed by atoms with Crippen molar-refractivity contribution in [1.29, 1.82) is 0 Å². The van der Waals surface area contributed by atoms with Crippen molar-refractivity contribution in [2.24, 2.45) is 0 Å². The molecular weight excluding hydrogens is 218 g/mol. The first kappa shape index (κ1) is 11.1. The predicted octanol–water partition coefficient (Wildman–Crippen LogP) is 2.54. The van der Waals surface area contributed by atoms with Crippen LogP contribution in [0, 0.1) is 0 Å². The van der Waals surface area contributed by atoms with E-state index in [4.69, 9.17) is 4.74 Å². The van der Waals surface area contributed by atoms with E-state index in [1.165, 1.54) is 13.4 Å². The minimum Gasteiger partial charge on any atom is -0.465 e. The summed E-state index contributed by atoms with van der Waals surface area (Å²) in [6.45, 7) is 3.49. The molecule has 1 aromatic carbocycles. The SMILES string of the molecule is C=COc1cc(C(=O)OC)cc2cccnc12. The molecule has 17 heavy (non-hydrogen) atoms. The number of rotatable bonds is 3. The van der Waals surface area contributed by atoms with Gasteiger partial charge in [-0.05, 0) is 18.2 Å². The molecule has 0 saturated carbocycles. The molecule has 1 heterocycles. The average Bonchev–Trinajstić information content (AvgIpc) is 2.38. The van der Waals surface area contributed by atoms with Gasteiger partial charge in [-0.1, -0.05) is 12.6 Å². The molecule has 0 aliphatic rings. The van der Waals surface area contributed by atoms with E-state index in [9.17, 15) is 4.79 Å². The van der Waals surface area contributed by atoms with Crippen LogP contribution in [0.25, 0.3) is 10.9 Å². The van der Waals surface area contributed by atoms with Crippen molar-refractivity contribution in [3.63, 3.8) is 0 Å². The van der Waals surface area contributed by atoms with Gasteiger partial charge in [-0.2, -0.15) is 0 Å². The Hall–Kier alpha value is -2.36. The van der Waals surface area contributed by atoms with Crippen LogP contribution in [0.3, 0.4) is 0 Å². The van der Waals surface area contributed by atoms with Crippen LogP contribution in [0.2, 0.25) is 0 Å². The predicted molar refractivity (Wildman–Crippen MR) is 63.9 cm³/mol. The summed E-state index contributed by atoms with van der Waals surface area (Å²) in [5.41, 5.74) is 1.10. The number of pyridine rings is 1. The van der Waals surface area contributed by atoms with E-state index in [1.807, 2.05) is 6.07 Å². The maximum atomic E-state index is 11.5. The van der Waals surface area contributed by atoms with Crippen LogP contribution in [0.4, 0.5) is 0 Å². The zero-order chi connectivity index (χ0) is 12.3. The zero-order valence-electron chi connectivity index (χ0n) is 9.34. The van der Waals surface area contributed by atoms with E-state index in [-0.39, 0.29) is 0 Å². The molecule has 2 rings (SSSR count). The van der Waals surface area contributed by atoms with Gasteiger partial charge in [0.1, 0.15) is 5.52 Å². The number of carbonyl (C=O) groups is 1. The molecule has 0 fully saturated rings. The molecule has 0 atom stereocenters. The molecule has 2 aromatic rings. The Balaban J connectivity index is 2.66. The maximum Gasteiger partial charge on any atom is 0.338 e. The van der Waals surface area contributed by atoms with Crippen LogP contribution < -0.4 is 4.74 Å². The fraction of sp³-hybridized carbons (Fsp3) is 0.0769. The minimum atomic E-state index is -0.412. The van der Waals surface area contributed by atoms with Crippen molar-refractivity contribution in [1.82, 2.24) is 4.98 Å². The number of hydrogen-bond donors (Lipinski definition) is 0. The number of carbonyl (C=O) groups excluding carboxylic acids is 1. The van der Waals surface area contributed by atoms with Gasteiger partial charge in [0.15, 0.2) is 5.75 Å². The third-order valence-electron chi connectivity index (χ3n) is 2.30. The van der Waals surface area contributed by atoms with Crippen molar-refractivity contribution < 1.29 is 14.3 Å². The van der Waals surface area contributed by atoms with Crippen molar-refractivity contribution in [3.05, 3.63) is 48.9 Å². The molecule has 0 saturated heterocycles. The summed E-state index contributed by atoms with van der Waals surface area (Å²) in [6.07, 6.45) is 2.96. The molecule has 0 bridgehead atoms. The third kappa shape index (κ3) is 2.10. The van der Waals surface area contributed by atoms with E-state index in [0.29, 0.717) is 16.8 Å². The summed E-state index contributed by atoms with van der Waals surface area (Å²) >= 11 is 0. The van der Waals surface area contributed by atoms with Gasteiger partial charge >= 0.3 is 5.97 Å². The normalized spacial score (nSPS) is 9.94. The molecule has 0 amide bonds. The number of hydrogen-bond acceptors (Lipinski definition) is 4. The van der Waals surface area contributed by atoms with Crippen LogP contribution >= 0.6 is 0 Å². The van der Waals surface area contributed by atoms with Crippen LogP contribution in [0.1, 0.15) is 10.4 Å². The summed E-state index contributed by atoms with van der Waals surface area (Å²) in [4.78, 5) is 15.7. The maximum absolute atomic E-state index is 11.5. The standard InChI is InChI=1S/C13H11NO3/c1-3-17-11-8-10(13(15)16-2)7-9-5-4-6-14-12(9)11/h3-8H,1H2,2H3. The lowest BCUT2D eigenvalue weighted by atomic mass is 10.1. The highest BCUT2D eigenvalue weighted by Gasteiger charge is 2.11. The second-order valence-electron chi connectivity index (χ2n) is 3.33. The molecule has 0 aliphatic carbocycles. The van der Waals surface area contributed by atoms with Crippen molar-refractivity contribution >= 4 is 16.9 Å². The number of aromatic nitrogens is 1. The van der Waals surface area contributed by atoms with E-state index in [0.717, 1.165) is 5.39 Å². The summed E-state index contributed by atoms with van der Waals surface area (Å²) in [6, 6.07) is 6.94. The van der Waals surface area contributed by atoms with Crippen molar-refractivity contribution in [3.8, 4) is 5.75 Å². The van der Waals surface area contributed by atoms with Crippen LogP contribution in [-0.4, -0.2) is 18.1 Å². The van der Waals surface area contributed by atoms with Gasteiger partial charge in [-0.25, -0.2) is 4.79 Å². The smallest absolute Gasteiger partial charge is 0.338 e. The largest absolute Gasteiger partial charge is 0.465 e. The highest BCUT2D eigenvalue weighted by atomic mass is 16.5. The monoisotopic (exact) mass is 229 g/mol. The molecule has 0 N–H and O–H groups in total. The third-order valence-corrected chi connectivity index (χ3v) is 2.30. The molecular formula is C13H11NO3. The van der Waals surface area contributed by atoms with E-state index >= 15 is 0 Å². The lowest BCUT2D eigenvalue weighted by Crippen LogP contribution is -2.02. The first-order chi connectivity index (χ1) is 8.26. The van der Waals surface area contributed by atoms with Gasteiger partial charge in [0.25, 0.3) is 0 Å². The zero-order valence-corrected chi connectivity index (χ0v) is 9.34. The number of nitrogens with zero attached hydrogens (tertiary/aromatic N) is 1. The van der Waals surface area contributed by atoms with E-state index in [2.05, 4.69) is 16.3 Å². The number of benzene rings is 1. The van der Waals surface area contributed by atoms with Gasteiger partial charge in [0, 0.05) is 11.6 Å². The number of ether oxygens (including phenoxy) is 2.